The van der Waals surface area contributed by atoms with E-state index in [2.05, 4.69) is 34.6 Å². The van der Waals surface area contributed by atoms with Gasteiger partial charge in [-0.2, -0.15) is 0 Å². The molecule has 0 aliphatic heterocycles. The van der Waals surface area contributed by atoms with Crippen LogP contribution < -0.4 is 0 Å². The highest BCUT2D eigenvalue weighted by molar-refractivity contribution is 5.71. The van der Waals surface area contributed by atoms with E-state index in [-0.39, 0.29) is 31.1 Å². The summed E-state index contributed by atoms with van der Waals surface area (Å²) in [5.41, 5.74) is 0. The Morgan fingerprint density at radius 3 is 0.826 bits per heavy atom. The van der Waals surface area contributed by atoms with Gasteiger partial charge in [-0.1, -0.05) is 317 Å². The third kappa shape index (κ3) is 55.6. The number of carbonyl (C=O) groups is 3. The predicted molar refractivity (Wildman–Crippen MR) is 298 cm³/mol. The number of ether oxygens (including phenoxy) is 3. The van der Waals surface area contributed by atoms with E-state index in [4.69, 9.17) is 14.2 Å². The molecule has 6 heteroatoms. The van der Waals surface area contributed by atoms with Crippen molar-refractivity contribution in [2.24, 2.45) is 11.8 Å². The third-order valence-electron chi connectivity index (χ3n) is 14.8. The molecule has 410 valence electrons. The van der Waals surface area contributed by atoms with Gasteiger partial charge in [-0.05, 0) is 31.1 Å². The molecule has 2 atom stereocenters. The molecule has 0 amide bonds. The Labute approximate surface area is 431 Å². The first-order chi connectivity index (χ1) is 33.8. The zero-order valence-electron chi connectivity index (χ0n) is 47.5. The van der Waals surface area contributed by atoms with Gasteiger partial charge in [0.1, 0.15) is 13.2 Å². The van der Waals surface area contributed by atoms with E-state index in [1.54, 1.807) is 0 Å². The molecule has 0 heterocycles. The van der Waals surface area contributed by atoms with Crippen molar-refractivity contribution in [3.8, 4) is 0 Å². The predicted octanol–water partition coefficient (Wildman–Crippen LogP) is 20.8. The molecule has 0 saturated carbocycles. The van der Waals surface area contributed by atoms with Gasteiger partial charge in [0, 0.05) is 19.3 Å². The van der Waals surface area contributed by atoms with Gasteiger partial charge >= 0.3 is 17.9 Å². The smallest absolute Gasteiger partial charge is 0.306 e. The fourth-order valence-corrected chi connectivity index (χ4v) is 9.73. The summed E-state index contributed by atoms with van der Waals surface area (Å²) in [6.07, 6.45) is 60.9. The summed E-state index contributed by atoms with van der Waals surface area (Å²) in [6, 6.07) is 0. The summed E-state index contributed by atoms with van der Waals surface area (Å²) in [5, 5.41) is 0. The quantitative estimate of drug-likeness (QED) is 0.0343. The lowest BCUT2D eigenvalue weighted by Gasteiger charge is -2.18. The van der Waals surface area contributed by atoms with Crippen molar-refractivity contribution in [2.75, 3.05) is 13.2 Å². The molecule has 0 spiro atoms. The van der Waals surface area contributed by atoms with Crippen molar-refractivity contribution in [1.82, 2.24) is 0 Å². The van der Waals surface area contributed by atoms with Gasteiger partial charge in [0.15, 0.2) is 6.10 Å². The van der Waals surface area contributed by atoms with E-state index in [1.807, 2.05) is 0 Å². The van der Waals surface area contributed by atoms with E-state index in [9.17, 15) is 14.4 Å². The summed E-state index contributed by atoms with van der Waals surface area (Å²) in [5.74, 6) is 0.895. The summed E-state index contributed by atoms with van der Waals surface area (Å²) < 4.78 is 16.9. The minimum atomic E-state index is -0.764. The fourth-order valence-electron chi connectivity index (χ4n) is 9.73. The summed E-state index contributed by atoms with van der Waals surface area (Å²) in [7, 11) is 0. The number of rotatable bonds is 57. The molecule has 69 heavy (non-hydrogen) atoms. The monoisotopic (exact) mass is 975 g/mol. The molecule has 0 aliphatic rings. The first-order valence-electron chi connectivity index (χ1n) is 31.3. The van der Waals surface area contributed by atoms with Crippen LogP contribution in [-0.4, -0.2) is 37.2 Å². The molecule has 0 aromatic carbocycles. The van der Waals surface area contributed by atoms with Gasteiger partial charge in [-0.15, -0.1) is 0 Å². The highest BCUT2D eigenvalue weighted by atomic mass is 16.6. The van der Waals surface area contributed by atoms with Crippen LogP contribution in [0.2, 0.25) is 0 Å². The molecule has 0 aromatic heterocycles. The van der Waals surface area contributed by atoms with E-state index >= 15 is 0 Å². The number of hydrogen-bond donors (Lipinski definition) is 0. The Balaban J connectivity index is 4.29. The minimum Gasteiger partial charge on any atom is -0.462 e. The molecule has 0 saturated heterocycles. The van der Waals surface area contributed by atoms with E-state index < -0.39 is 6.10 Å². The molecule has 0 rings (SSSR count). The molecule has 1 unspecified atom stereocenters. The molecule has 0 radical (unpaired) electrons. The topological polar surface area (TPSA) is 78.9 Å². The zero-order chi connectivity index (χ0) is 50.4. The van der Waals surface area contributed by atoms with Crippen molar-refractivity contribution in [3.05, 3.63) is 0 Å². The molecule has 0 N–H and O–H groups in total. The van der Waals surface area contributed by atoms with Crippen LogP contribution >= 0.6 is 0 Å². The molecule has 0 aromatic rings. The second-order valence-corrected chi connectivity index (χ2v) is 22.4. The van der Waals surface area contributed by atoms with Crippen LogP contribution in [0.4, 0.5) is 0 Å². The van der Waals surface area contributed by atoms with Crippen molar-refractivity contribution < 1.29 is 28.6 Å². The lowest BCUT2D eigenvalue weighted by molar-refractivity contribution is -0.167. The van der Waals surface area contributed by atoms with E-state index in [1.165, 1.54) is 244 Å². The first-order valence-corrected chi connectivity index (χ1v) is 31.3. The largest absolute Gasteiger partial charge is 0.462 e. The fraction of sp³-hybridized carbons (Fsp3) is 0.952. The Bertz CT molecular complexity index is 1060. The summed E-state index contributed by atoms with van der Waals surface area (Å²) in [6.45, 7) is 11.5. The maximum absolute atomic E-state index is 12.9. The maximum Gasteiger partial charge on any atom is 0.306 e. The first kappa shape index (κ1) is 67.4. The third-order valence-corrected chi connectivity index (χ3v) is 14.8. The van der Waals surface area contributed by atoms with Gasteiger partial charge in [-0.25, -0.2) is 0 Å². The SMILES string of the molecule is CCCCCCCCCCCCCCCCCCCCC(=O)OC[C@H](COC(=O)CCCCCCCCCCCCCCC(C)C)OC(=O)CCCCCCCCCCCCCCCCC(C)CC. The van der Waals surface area contributed by atoms with Gasteiger partial charge in [0.05, 0.1) is 0 Å². The van der Waals surface area contributed by atoms with Gasteiger partial charge in [0.2, 0.25) is 0 Å². The van der Waals surface area contributed by atoms with E-state index in [0.29, 0.717) is 19.3 Å². The summed E-state index contributed by atoms with van der Waals surface area (Å²) >= 11 is 0. The highest BCUT2D eigenvalue weighted by Gasteiger charge is 2.19. The number of hydrogen-bond acceptors (Lipinski definition) is 6. The Kier molecular flexibility index (Phi) is 54.4. The molecule has 0 bridgehead atoms. The van der Waals surface area contributed by atoms with Crippen molar-refractivity contribution >= 4 is 17.9 Å². The molecule has 0 fully saturated rings. The molecular formula is C63H122O6. The van der Waals surface area contributed by atoms with Crippen LogP contribution in [0.15, 0.2) is 0 Å². The van der Waals surface area contributed by atoms with Gasteiger partial charge < -0.3 is 14.2 Å². The van der Waals surface area contributed by atoms with Crippen LogP contribution in [0, 0.1) is 11.8 Å². The lowest BCUT2D eigenvalue weighted by atomic mass is 9.99. The van der Waals surface area contributed by atoms with Gasteiger partial charge in [-0.3, -0.25) is 14.4 Å². The zero-order valence-corrected chi connectivity index (χ0v) is 47.5. The second-order valence-electron chi connectivity index (χ2n) is 22.4. The lowest BCUT2D eigenvalue weighted by Crippen LogP contribution is -2.30. The summed E-state index contributed by atoms with van der Waals surface area (Å²) in [4.78, 5) is 38.3. The number of esters is 3. The maximum atomic E-state index is 12.9. The number of unbranched alkanes of at least 4 members (excludes halogenated alkanes) is 41. The average Bonchev–Trinajstić information content (AvgIpc) is 3.34. The molecule has 6 nitrogen and oxygen atoms in total. The van der Waals surface area contributed by atoms with Crippen LogP contribution in [0.1, 0.15) is 356 Å². The molecule has 0 aliphatic carbocycles. The van der Waals surface area contributed by atoms with Crippen molar-refractivity contribution in [3.63, 3.8) is 0 Å². The highest BCUT2D eigenvalue weighted by Crippen LogP contribution is 2.19. The Morgan fingerprint density at radius 1 is 0.304 bits per heavy atom. The van der Waals surface area contributed by atoms with Crippen LogP contribution in [-0.2, 0) is 28.6 Å². The minimum absolute atomic E-state index is 0.0621. The van der Waals surface area contributed by atoms with Crippen molar-refractivity contribution in [1.29, 1.82) is 0 Å². The van der Waals surface area contributed by atoms with Crippen LogP contribution in [0.25, 0.3) is 0 Å². The van der Waals surface area contributed by atoms with Gasteiger partial charge in [0.25, 0.3) is 0 Å². The normalized spacial score (nSPS) is 12.4. The Morgan fingerprint density at radius 2 is 0.551 bits per heavy atom. The van der Waals surface area contributed by atoms with Crippen LogP contribution in [0.3, 0.4) is 0 Å². The number of carbonyl (C=O) groups excluding carboxylic acids is 3. The van der Waals surface area contributed by atoms with Crippen LogP contribution in [0.5, 0.6) is 0 Å². The molecular weight excluding hydrogens is 853 g/mol. The van der Waals surface area contributed by atoms with E-state index in [0.717, 1.165) is 69.6 Å². The standard InChI is InChI=1S/C63H122O6/c1-6-8-9-10-11-12-13-14-15-16-17-18-22-28-33-38-43-48-53-61(64)67-56-60(57-68-62(65)54-49-44-39-34-29-25-24-26-31-36-41-46-51-58(3)4)69-63(66)55-50-45-40-35-30-23-20-19-21-27-32-37-42-47-52-59(5)7-2/h58-60H,6-57H2,1-5H3/t59?,60-/m1/s1. The van der Waals surface area contributed by atoms with Crippen molar-refractivity contribution in [2.45, 2.75) is 362 Å². The Hall–Kier alpha value is -1.59. The average molecular weight is 976 g/mol. The second kappa shape index (κ2) is 55.7.